The van der Waals surface area contributed by atoms with Gasteiger partial charge in [0.15, 0.2) is 0 Å². The monoisotopic (exact) mass is 525 g/mol. The van der Waals surface area contributed by atoms with Crippen molar-refractivity contribution >= 4 is 17.3 Å². The predicted molar refractivity (Wildman–Crippen MR) is 153 cm³/mol. The minimum Gasteiger partial charge on any atom is -0.355 e. The molecule has 1 N–H and O–H groups in total. The lowest BCUT2D eigenvalue weighted by atomic mass is 9.56. The minimum absolute atomic E-state index is 0.0426. The third-order valence-corrected chi connectivity index (χ3v) is 9.38. The molecule has 2 aliphatic rings. The molecule has 1 atom stereocenters. The number of allylic oxidation sites excluding steroid dienone is 1. The Morgan fingerprint density at radius 3 is 2.54 bits per heavy atom. The molecule has 1 saturated carbocycles. The number of anilines is 1. The molecular formula is C33H42ClF2N. The van der Waals surface area contributed by atoms with Gasteiger partial charge in [-0.2, -0.15) is 0 Å². The lowest BCUT2D eigenvalue weighted by Gasteiger charge is -2.48. The van der Waals surface area contributed by atoms with Crippen LogP contribution in [-0.2, 0) is 18.3 Å². The molecule has 2 aromatic rings. The third-order valence-electron chi connectivity index (χ3n) is 9.14. The summed E-state index contributed by atoms with van der Waals surface area (Å²) in [5.41, 5.74) is 8.35. The van der Waals surface area contributed by atoms with Crippen molar-refractivity contribution in [1.29, 1.82) is 0 Å². The zero-order valence-electron chi connectivity index (χ0n) is 22.7. The second-order valence-corrected chi connectivity index (χ2v) is 11.7. The first kappa shape index (κ1) is 27.9. The molecule has 1 nitrogen and oxygen atoms in total. The molecule has 1 spiro atoms. The Morgan fingerprint density at radius 2 is 1.89 bits per heavy atom. The van der Waals surface area contributed by atoms with E-state index in [1.807, 2.05) is 30.3 Å². The zero-order chi connectivity index (χ0) is 26.5. The van der Waals surface area contributed by atoms with Gasteiger partial charge in [-0.05, 0) is 109 Å². The van der Waals surface area contributed by atoms with Crippen LogP contribution >= 0.6 is 11.6 Å². The van der Waals surface area contributed by atoms with Crippen molar-refractivity contribution < 1.29 is 8.78 Å². The lowest BCUT2D eigenvalue weighted by molar-refractivity contribution is 0.0931. The van der Waals surface area contributed by atoms with Crippen LogP contribution in [0.15, 0.2) is 53.9 Å². The molecule has 4 heteroatoms. The molecule has 0 aromatic heterocycles. The maximum absolute atomic E-state index is 14.9. The molecule has 37 heavy (non-hydrogen) atoms. The highest BCUT2D eigenvalue weighted by Crippen LogP contribution is 2.59. The summed E-state index contributed by atoms with van der Waals surface area (Å²) in [6, 6.07) is 11.6. The van der Waals surface area contributed by atoms with Crippen LogP contribution < -0.4 is 5.32 Å². The van der Waals surface area contributed by atoms with E-state index in [2.05, 4.69) is 37.9 Å². The third kappa shape index (κ3) is 5.69. The van der Waals surface area contributed by atoms with Gasteiger partial charge in [-0.15, -0.1) is 5.73 Å². The normalized spacial score (nSPS) is 24.5. The number of rotatable bonds is 10. The lowest BCUT2D eigenvalue weighted by Crippen LogP contribution is -2.42. The average molecular weight is 526 g/mol. The van der Waals surface area contributed by atoms with Crippen LogP contribution in [0, 0.1) is 17.2 Å². The van der Waals surface area contributed by atoms with Crippen LogP contribution in [0.3, 0.4) is 0 Å². The zero-order valence-corrected chi connectivity index (χ0v) is 23.5. The fourth-order valence-corrected chi connectivity index (χ4v) is 7.24. The molecule has 4 rings (SSSR count). The molecule has 0 saturated heterocycles. The molecule has 0 bridgehead atoms. The van der Waals surface area contributed by atoms with Gasteiger partial charge in [0.05, 0.1) is 6.67 Å². The summed E-state index contributed by atoms with van der Waals surface area (Å²) >= 11 is 6.10. The minimum atomic E-state index is -0.475. The topological polar surface area (TPSA) is 12.0 Å². The van der Waals surface area contributed by atoms with Crippen molar-refractivity contribution in [2.75, 3.05) is 12.0 Å². The summed E-state index contributed by atoms with van der Waals surface area (Å²) in [5, 5.41) is 3.92. The molecule has 2 aromatic carbocycles. The van der Waals surface area contributed by atoms with Crippen molar-refractivity contribution in [3.63, 3.8) is 0 Å². The Hall–Kier alpha value is -2.09. The van der Waals surface area contributed by atoms with E-state index < -0.39 is 5.41 Å². The van der Waals surface area contributed by atoms with Crippen LogP contribution in [0.5, 0.6) is 0 Å². The number of nitrogens with one attached hydrogen (secondary N) is 1. The molecule has 1 fully saturated rings. The number of halogens is 3. The molecule has 0 aliphatic heterocycles. The maximum atomic E-state index is 14.9. The number of unbranched alkanes of at least 4 members (excludes halogenated alkanes) is 1. The summed E-state index contributed by atoms with van der Waals surface area (Å²) in [6.45, 7) is 6.09. The van der Waals surface area contributed by atoms with Gasteiger partial charge in [-0.25, -0.2) is 4.39 Å². The Balaban J connectivity index is 1.63. The summed E-state index contributed by atoms with van der Waals surface area (Å²) in [4.78, 5) is 0. The van der Waals surface area contributed by atoms with Crippen LogP contribution in [-0.4, -0.2) is 6.67 Å². The van der Waals surface area contributed by atoms with E-state index in [0.29, 0.717) is 10.9 Å². The summed E-state index contributed by atoms with van der Waals surface area (Å²) < 4.78 is 29.8. The van der Waals surface area contributed by atoms with E-state index in [0.717, 1.165) is 68.2 Å². The van der Waals surface area contributed by atoms with Crippen molar-refractivity contribution in [3.05, 3.63) is 81.4 Å². The van der Waals surface area contributed by atoms with E-state index in [-0.39, 0.29) is 17.9 Å². The second-order valence-electron chi connectivity index (χ2n) is 11.2. The van der Waals surface area contributed by atoms with Gasteiger partial charge in [-0.1, -0.05) is 63.8 Å². The highest BCUT2D eigenvalue weighted by molar-refractivity contribution is 6.30. The van der Waals surface area contributed by atoms with E-state index in [1.165, 1.54) is 30.4 Å². The Morgan fingerprint density at radius 1 is 1.11 bits per heavy atom. The number of benzene rings is 2. The van der Waals surface area contributed by atoms with Gasteiger partial charge in [0, 0.05) is 22.3 Å². The first-order valence-electron chi connectivity index (χ1n) is 14.3. The Kier molecular flexibility index (Phi) is 9.20. The van der Waals surface area contributed by atoms with Crippen molar-refractivity contribution in [2.24, 2.45) is 11.3 Å². The molecule has 0 radical (unpaired) electrons. The summed E-state index contributed by atoms with van der Waals surface area (Å²) in [6.07, 6.45) is 12.3. The molecular weight excluding hydrogens is 484 g/mol. The molecule has 200 valence electrons. The maximum Gasteiger partial charge on any atom is 0.126 e. The van der Waals surface area contributed by atoms with Crippen LogP contribution in [0.4, 0.5) is 14.5 Å². The van der Waals surface area contributed by atoms with Crippen molar-refractivity contribution in [2.45, 2.75) is 96.8 Å². The average Bonchev–Trinajstić information content (AvgIpc) is 3.18. The van der Waals surface area contributed by atoms with E-state index >= 15 is 0 Å². The SMILES string of the molecule is CCCCC1Cc2cc(F)c(CCC)cc2C12CCC(CF)(C(=C=CNc1cccc(Cl)c1)CC)CC2. The van der Waals surface area contributed by atoms with Gasteiger partial charge in [0.1, 0.15) is 5.82 Å². The van der Waals surface area contributed by atoms with Gasteiger partial charge in [0.25, 0.3) is 0 Å². The van der Waals surface area contributed by atoms with Gasteiger partial charge in [0.2, 0.25) is 0 Å². The van der Waals surface area contributed by atoms with E-state index in [4.69, 9.17) is 11.6 Å². The predicted octanol–water partition coefficient (Wildman–Crippen LogP) is 10.1. The Labute approximate surface area is 227 Å². The standard InChI is InChI=1S/C33H42ClF2N/c1-4-7-10-27-19-25-21-31(36)24(9-5-2)20-30(25)33(27)16-14-32(23-35,15-17-33)26(6-3)13-18-37-29-12-8-11-28(34)22-29/h8,11-12,18,20-22,27,37H,4-7,9-10,14-17,19,23H2,1-3H3. The van der Waals surface area contributed by atoms with E-state index in [1.54, 1.807) is 6.20 Å². The smallest absolute Gasteiger partial charge is 0.126 e. The van der Waals surface area contributed by atoms with Crippen molar-refractivity contribution in [1.82, 2.24) is 0 Å². The fraction of sp³-hybridized carbons (Fsp3) is 0.545. The number of hydrogen-bond acceptors (Lipinski definition) is 1. The molecule has 0 amide bonds. The van der Waals surface area contributed by atoms with Crippen LogP contribution in [0.2, 0.25) is 5.02 Å². The van der Waals surface area contributed by atoms with Gasteiger partial charge >= 0.3 is 0 Å². The number of aryl methyl sites for hydroxylation is 1. The number of alkyl halides is 1. The first-order valence-corrected chi connectivity index (χ1v) is 14.6. The number of fused-ring (bicyclic) bond motifs is 2. The fourth-order valence-electron chi connectivity index (χ4n) is 7.05. The molecule has 0 heterocycles. The summed E-state index contributed by atoms with van der Waals surface area (Å²) in [5.74, 6) is 0.472. The van der Waals surface area contributed by atoms with Crippen LogP contribution in [0.25, 0.3) is 0 Å². The first-order chi connectivity index (χ1) is 17.9. The van der Waals surface area contributed by atoms with Crippen LogP contribution in [0.1, 0.15) is 95.2 Å². The molecule has 1 unspecified atom stereocenters. The van der Waals surface area contributed by atoms with Crippen molar-refractivity contribution in [3.8, 4) is 0 Å². The van der Waals surface area contributed by atoms with Gasteiger partial charge < -0.3 is 5.32 Å². The number of hydrogen-bond donors (Lipinski definition) is 1. The second kappa shape index (κ2) is 12.2. The highest BCUT2D eigenvalue weighted by atomic mass is 35.5. The van der Waals surface area contributed by atoms with Gasteiger partial charge in [-0.3, -0.25) is 4.39 Å². The van der Waals surface area contributed by atoms with E-state index in [9.17, 15) is 8.78 Å². The molecule has 2 aliphatic carbocycles. The largest absolute Gasteiger partial charge is 0.355 e. The Bertz CT molecular complexity index is 1140. The quantitative estimate of drug-likeness (QED) is 0.304. The summed E-state index contributed by atoms with van der Waals surface area (Å²) in [7, 11) is 0. The highest BCUT2D eigenvalue weighted by Gasteiger charge is 2.52.